The normalized spacial score (nSPS) is 14.4. The SMILES string of the molecule is CC(c1ccccc1F)N(C)CC(=O)N1CCc2ccc([N+](=O)[O-])cc21. The summed E-state index contributed by atoms with van der Waals surface area (Å²) in [5.41, 5.74) is 2.02. The Morgan fingerprint density at radius 3 is 2.77 bits per heavy atom. The number of non-ortho nitro benzene ring substituents is 1. The number of hydrogen-bond acceptors (Lipinski definition) is 4. The first-order valence-electron chi connectivity index (χ1n) is 8.41. The molecule has 0 aliphatic carbocycles. The highest BCUT2D eigenvalue weighted by atomic mass is 19.1. The predicted octanol–water partition coefficient (Wildman–Crippen LogP) is 3.32. The summed E-state index contributed by atoms with van der Waals surface area (Å²) in [6.45, 7) is 2.43. The number of hydrogen-bond donors (Lipinski definition) is 0. The second-order valence-corrected chi connectivity index (χ2v) is 6.48. The van der Waals surface area contributed by atoms with Crippen molar-refractivity contribution in [3.8, 4) is 0 Å². The van der Waals surface area contributed by atoms with Crippen molar-refractivity contribution in [1.29, 1.82) is 0 Å². The molecule has 1 unspecified atom stereocenters. The Morgan fingerprint density at radius 2 is 2.08 bits per heavy atom. The highest BCUT2D eigenvalue weighted by Crippen LogP contribution is 2.32. The van der Waals surface area contributed by atoms with Gasteiger partial charge >= 0.3 is 0 Å². The molecule has 1 aliphatic heterocycles. The van der Waals surface area contributed by atoms with Gasteiger partial charge in [0.1, 0.15) is 5.82 Å². The Kier molecular flexibility index (Phi) is 4.99. The first kappa shape index (κ1) is 18.0. The maximum absolute atomic E-state index is 14.0. The second kappa shape index (κ2) is 7.21. The quantitative estimate of drug-likeness (QED) is 0.608. The van der Waals surface area contributed by atoms with Crippen molar-refractivity contribution in [1.82, 2.24) is 4.90 Å². The molecule has 0 N–H and O–H groups in total. The number of nitro benzene ring substituents is 1. The number of anilines is 1. The third-order valence-corrected chi connectivity index (χ3v) is 4.88. The minimum Gasteiger partial charge on any atom is -0.310 e. The van der Waals surface area contributed by atoms with E-state index in [9.17, 15) is 19.3 Å². The minimum absolute atomic E-state index is 0.0310. The zero-order chi connectivity index (χ0) is 18.8. The molecule has 1 amide bonds. The summed E-state index contributed by atoms with van der Waals surface area (Å²) in [4.78, 5) is 26.6. The van der Waals surface area contributed by atoms with Gasteiger partial charge in [-0.25, -0.2) is 4.39 Å². The van der Waals surface area contributed by atoms with E-state index in [0.29, 0.717) is 24.2 Å². The van der Waals surface area contributed by atoms with Crippen LogP contribution in [-0.2, 0) is 11.2 Å². The number of amides is 1. The lowest BCUT2D eigenvalue weighted by Gasteiger charge is -2.27. The molecular formula is C19H20FN3O3. The van der Waals surface area contributed by atoms with Crippen molar-refractivity contribution >= 4 is 17.3 Å². The summed E-state index contributed by atoms with van der Waals surface area (Å²) in [6.07, 6.45) is 0.672. The fourth-order valence-electron chi connectivity index (χ4n) is 3.23. The van der Waals surface area contributed by atoms with E-state index in [1.807, 2.05) is 6.92 Å². The van der Waals surface area contributed by atoms with Gasteiger partial charge in [-0.3, -0.25) is 19.8 Å². The van der Waals surface area contributed by atoms with Crippen LogP contribution in [0.4, 0.5) is 15.8 Å². The molecule has 0 radical (unpaired) electrons. The molecule has 0 fully saturated rings. The Labute approximate surface area is 151 Å². The maximum Gasteiger partial charge on any atom is 0.271 e. The average molecular weight is 357 g/mol. The number of nitro groups is 1. The molecule has 0 saturated carbocycles. The zero-order valence-electron chi connectivity index (χ0n) is 14.7. The summed E-state index contributed by atoms with van der Waals surface area (Å²) in [6, 6.07) is 10.8. The lowest BCUT2D eigenvalue weighted by Crippen LogP contribution is -2.39. The van der Waals surface area contributed by atoms with E-state index in [-0.39, 0.29) is 30.0 Å². The fourth-order valence-corrected chi connectivity index (χ4v) is 3.23. The van der Waals surface area contributed by atoms with Crippen LogP contribution in [0.2, 0.25) is 0 Å². The van der Waals surface area contributed by atoms with E-state index in [1.54, 1.807) is 41.1 Å². The van der Waals surface area contributed by atoms with Crippen LogP contribution in [0.25, 0.3) is 0 Å². The second-order valence-electron chi connectivity index (χ2n) is 6.48. The van der Waals surface area contributed by atoms with Gasteiger partial charge in [0.2, 0.25) is 5.91 Å². The topological polar surface area (TPSA) is 66.7 Å². The number of rotatable bonds is 5. The molecule has 1 aliphatic rings. The molecule has 136 valence electrons. The Bertz CT molecular complexity index is 856. The van der Waals surface area contributed by atoms with Gasteiger partial charge in [0.15, 0.2) is 0 Å². The van der Waals surface area contributed by atoms with Gasteiger partial charge in [0.25, 0.3) is 5.69 Å². The largest absolute Gasteiger partial charge is 0.310 e. The standard InChI is InChI=1S/C19H20FN3O3/c1-13(16-5-3-4-6-17(16)20)21(2)12-19(24)22-10-9-14-7-8-15(23(25)26)11-18(14)22/h3-8,11,13H,9-10,12H2,1-2H3. The minimum atomic E-state index is -0.465. The summed E-state index contributed by atoms with van der Waals surface area (Å²) >= 11 is 0. The van der Waals surface area contributed by atoms with E-state index in [2.05, 4.69) is 0 Å². The number of benzene rings is 2. The summed E-state index contributed by atoms with van der Waals surface area (Å²) in [5.74, 6) is -0.462. The smallest absolute Gasteiger partial charge is 0.271 e. The van der Waals surface area contributed by atoms with Crippen LogP contribution in [0.1, 0.15) is 24.1 Å². The van der Waals surface area contributed by atoms with Crippen molar-refractivity contribution in [3.63, 3.8) is 0 Å². The van der Waals surface area contributed by atoms with Gasteiger partial charge in [-0.2, -0.15) is 0 Å². The molecule has 2 aromatic rings. The molecule has 1 heterocycles. The molecule has 26 heavy (non-hydrogen) atoms. The lowest BCUT2D eigenvalue weighted by molar-refractivity contribution is -0.384. The lowest BCUT2D eigenvalue weighted by atomic mass is 10.1. The summed E-state index contributed by atoms with van der Waals surface area (Å²) in [7, 11) is 1.76. The first-order valence-corrected chi connectivity index (χ1v) is 8.41. The van der Waals surface area contributed by atoms with Crippen molar-refractivity contribution in [3.05, 3.63) is 69.5 Å². The summed E-state index contributed by atoms with van der Waals surface area (Å²) in [5, 5.41) is 11.0. The Balaban J connectivity index is 1.75. The van der Waals surface area contributed by atoms with Gasteiger partial charge in [0, 0.05) is 30.3 Å². The van der Waals surface area contributed by atoms with Gasteiger partial charge in [-0.05, 0) is 32.0 Å². The van der Waals surface area contributed by atoms with Crippen LogP contribution >= 0.6 is 0 Å². The molecule has 7 heteroatoms. The number of carbonyl (C=O) groups is 1. The van der Waals surface area contributed by atoms with Crippen molar-refractivity contribution in [2.24, 2.45) is 0 Å². The number of carbonyl (C=O) groups excluding carboxylic acids is 1. The highest BCUT2D eigenvalue weighted by Gasteiger charge is 2.28. The zero-order valence-corrected chi connectivity index (χ0v) is 14.7. The van der Waals surface area contributed by atoms with Crippen LogP contribution in [0, 0.1) is 15.9 Å². The van der Waals surface area contributed by atoms with Crippen molar-refractivity contribution in [2.75, 3.05) is 25.0 Å². The van der Waals surface area contributed by atoms with E-state index in [4.69, 9.17) is 0 Å². The molecular weight excluding hydrogens is 337 g/mol. The van der Waals surface area contributed by atoms with Gasteiger partial charge in [-0.1, -0.05) is 24.3 Å². The van der Waals surface area contributed by atoms with E-state index in [1.165, 1.54) is 18.2 Å². The van der Waals surface area contributed by atoms with E-state index in [0.717, 1.165) is 5.56 Å². The van der Waals surface area contributed by atoms with E-state index >= 15 is 0 Å². The number of likely N-dealkylation sites (N-methyl/N-ethyl adjacent to an activating group) is 1. The number of halogens is 1. The first-order chi connectivity index (χ1) is 12.4. The molecule has 3 rings (SSSR count). The Morgan fingerprint density at radius 1 is 1.35 bits per heavy atom. The van der Waals surface area contributed by atoms with Gasteiger partial charge < -0.3 is 4.90 Å². The van der Waals surface area contributed by atoms with E-state index < -0.39 is 4.92 Å². The predicted molar refractivity (Wildman–Crippen MR) is 96.6 cm³/mol. The summed E-state index contributed by atoms with van der Waals surface area (Å²) < 4.78 is 14.0. The molecule has 2 aromatic carbocycles. The number of nitrogens with zero attached hydrogens (tertiary/aromatic N) is 3. The van der Waals surface area contributed by atoms with Crippen LogP contribution in [0.15, 0.2) is 42.5 Å². The molecule has 1 atom stereocenters. The maximum atomic E-state index is 14.0. The van der Waals surface area contributed by atoms with Crippen LogP contribution in [0.3, 0.4) is 0 Å². The van der Waals surface area contributed by atoms with Crippen LogP contribution in [-0.4, -0.2) is 35.9 Å². The molecule has 0 saturated heterocycles. The van der Waals surface area contributed by atoms with Crippen LogP contribution < -0.4 is 4.90 Å². The van der Waals surface area contributed by atoms with Gasteiger partial charge in [0.05, 0.1) is 17.2 Å². The fraction of sp³-hybridized carbons (Fsp3) is 0.316. The molecule has 0 aromatic heterocycles. The Hall–Kier alpha value is -2.80. The van der Waals surface area contributed by atoms with Crippen molar-refractivity contribution in [2.45, 2.75) is 19.4 Å². The van der Waals surface area contributed by atoms with Crippen LogP contribution in [0.5, 0.6) is 0 Å². The highest BCUT2D eigenvalue weighted by molar-refractivity contribution is 5.97. The third-order valence-electron chi connectivity index (χ3n) is 4.88. The average Bonchev–Trinajstić information content (AvgIpc) is 3.04. The monoisotopic (exact) mass is 357 g/mol. The molecule has 0 bridgehead atoms. The molecule has 0 spiro atoms. The van der Waals surface area contributed by atoms with Gasteiger partial charge in [-0.15, -0.1) is 0 Å². The van der Waals surface area contributed by atoms with Crippen molar-refractivity contribution < 1.29 is 14.1 Å². The molecule has 6 nitrogen and oxygen atoms in total. The third kappa shape index (κ3) is 3.43. The number of fused-ring (bicyclic) bond motifs is 1.